The largest absolute Gasteiger partial charge is 0.353 e. The summed E-state index contributed by atoms with van der Waals surface area (Å²) in [7, 11) is 2.02. The van der Waals surface area contributed by atoms with Crippen LogP contribution in [0.5, 0.6) is 0 Å². The van der Waals surface area contributed by atoms with Crippen LogP contribution in [0, 0.1) is 5.41 Å². The number of hydrogen-bond donors (Lipinski definition) is 2. The fourth-order valence-electron chi connectivity index (χ4n) is 1.03. The van der Waals surface area contributed by atoms with Gasteiger partial charge in [-0.1, -0.05) is 27.7 Å². The monoisotopic (exact) mass is 215 g/mol. The molecule has 4 nitrogen and oxygen atoms in total. The van der Waals surface area contributed by atoms with Crippen molar-refractivity contribution >= 4 is 5.91 Å². The van der Waals surface area contributed by atoms with Crippen LogP contribution in [0.3, 0.4) is 0 Å². The SMILES string of the molecule is CCN(C)CCNC(=O)[C@@H](N)C(C)(C)C. The molecule has 0 aromatic heterocycles. The normalized spacial score (nSPS) is 14.1. The van der Waals surface area contributed by atoms with E-state index in [0.29, 0.717) is 6.54 Å². The molecule has 0 aliphatic rings. The lowest BCUT2D eigenvalue weighted by Crippen LogP contribution is -2.49. The number of hydrogen-bond acceptors (Lipinski definition) is 3. The smallest absolute Gasteiger partial charge is 0.237 e. The summed E-state index contributed by atoms with van der Waals surface area (Å²) in [4.78, 5) is 13.7. The molecule has 4 heteroatoms. The number of rotatable bonds is 5. The van der Waals surface area contributed by atoms with Gasteiger partial charge in [0.25, 0.3) is 0 Å². The van der Waals surface area contributed by atoms with Crippen LogP contribution < -0.4 is 11.1 Å². The summed E-state index contributed by atoms with van der Waals surface area (Å²) in [6.45, 7) is 10.5. The Morgan fingerprint density at radius 2 is 2.00 bits per heavy atom. The molecule has 0 heterocycles. The molecular formula is C11H25N3O. The van der Waals surface area contributed by atoms with Gasteiger partial charge in [-0.15, -0.1) is 0 Å². The zero-order chi connectivity index (χ0) is 12.1. The number of nitrogens with one attached hydrogen (secondary N) is 1. The molecule has 0 saturated carbocycles. The van der Waals surface area contributed by atoms with Crippen molar-refractivity contribution in [3.8, 4) is 0 Å². The van der Waals surface area contributed by atoms with Crippen molar-refractivity contribution in [1.82, 2.24) is 10.2 Å². The summed E-state index contributed by atoms with van der Waals surface area (Å²) in [5, 5.41) is 2.85. The van der Waals surface area contributed by atoms with Crippen molar-refractivity contribution < 1.29 is 4.79 Å². The molecule has 0 aromatic carbocycles. The molecule has 0 rings (SSSR count). The molecule has 0 radical (unpaired) electrons. The maximum Gasteiger partial charge on any atom is 0.237 e. The van der Waals surface area contributed by atoms with Crippen LogP contribution in [0.25, 0.3) is 0 Å². The van der Waals surface area contributed by atoms with E-state index in [1.807, 2.05) is 27.8 Å². The van der Waals surface area contributed by atoms with Gasteiger partial charge in [-0.2, -0.15) is 0 Å². The lowest BCUT2D eigenvalue weighted by molar-refractivity contribution is -0.124. The third kappa shape index (κ3) is 5.74. The molecule has 0 aromatic rings. The van der Waals surface area contributed by atoms with Gasteiger partial charge in [0.05, 0.1) is 6.04 Å². The zero-order valence-electron chi connectivity index (χ0n) is 10.6. The summed E-state index contributed by atoms with van der Waals surface area (Å²) in [6.07, 6.45) is 0. The minimum absolute atomic E-state index is 0.0630. The van der Waals surface area contributed by atoms with Gasteiger partial charge in [0, 0.05) is 13.1 Å². The highest BCUT2D eigenvalue weighted by molar-refractivity contribution is 5.82. The number of nitrogens with zero attached hydrogens (tertiary/aromatic N) is 1. The van der Waals surface area contributed by atoms with Crippen LogP contribution in [-0.2, 0) is 4.79 Å². The standard InChI is InChI=1S/C11H25N3O/c1-6-14(5)8-7-13-10(15)9(12)11(2,3)4/h9H,6-8,12H2,1-5H3,(H,13,15)/t9-/m1/s1. The van der Waals surface area contributed by atoms with E-state index in [-0.39, 0.29) is 11.3 Å². The lowest BCUT2D eigenvalue weighted by Gasteiger charge is -2.26. The number of amides is 1. The summed E-state index contributed by atoms with van der Waals surface area (Å²) < 4.78 is 0. The Morgan fingerprint density at radius 3 is 2.40 bits per heavy atom. The van der Waals surface area contributed by atoms with Gasteiger partial charge in [-0.3, -0.25) is 4.79 Å². The molecule has 0 aliphatic heterocycles. The Hall–Kier alpha value is -0.610. The minimum atomic E-state index is -0.440. The average molecular weight is 215 g/mol. The molecule has 0 fully saturated rings. The summed E-state index contributed by atoms with van der Waals surface area (Å²) in [6, 6.07) is -0.440. The lowest BCUT2D eigenvalue weighted by atomic mass is 9.87. The fourth-order valence-corrected chi connectivity index (χ4v) is 1.03. The zero-order valence-corrected chi connectivity index (χ0v) is 10.6. The first-order valence-corrected chi connectivity index (χ1v) is 5.51. The van der Waals surface area contributed by atoms with Crippen LogP contribution in [0.2, 0.25) is 0 Å². The van der Waals surface area contributed by atoms with Gasteiger partial charge in [-0.05, 0) is 19.0 Å². The maximum absolute atomic E-state index is 11.6. The van der Waals surface area contributed by atoms with Crippen molar-refractivity contribution in [2.24, 2.45) is 11.1 Å². The third-order valence-electron chi connectivity index (χ3n) is 2.55. The second-order valence-electron chi connectivity index (χ2n) is 5.03. The third-order valence-corrected chi connectivity index (χ3v) is 2.55. The van der Waals surface area contributed by atoms with Crippen molar-refractivity contribution in [1.29, 1.82) is 0 Å². The molecule has 0 spiro atoms. The Kier molecular flexibility index (Phi) is 5.83. The van der Waals surface area contributed by atoms with Gasteiger partial charge in [0.2, 0.25) is 5.91 Å². The quantitative estimate of drug-likeness (QED) is 0.699. The first kappa shape index (κ1) is 14.4. The van der Waals surface area contributed by atoms with Crippen LogP contribution in [0.1, 0.15) is 27.7 Å². The van der Waals surface area contributed by atoms with Crippen molar-refractivity contribution in [2.45, 2.75) is 33.7 Å². The van der Waals surface area contributed by atoms with E-state index >= 15 is 0 Å². The molecule has 0 saturated heterocycles. The Labute approximate surface area is 93.2 Å². The van der Waals surface area contributed by atoms with Crippen LogP contribution >= 0.6 is 0 Å². The fraction of sp³-hybridized carbons (Fsp3) is 0.909. The molecule has 0 aliphatic carbocycles. The molecular weight excluding hydrogens is 190 g/mol. The Bertz CT molecular complexity index is 198. The Morgan fingerprint density at radius 1 is 1.47 bits per heavy atom. The van der Waals surface area contributed by atoms with E-state index in [1.165, 1.54) is 0 Å². The van der Waals surface area contributed by atoms with E-state index < -0.39 is 6.04 Å². The molecule has 0 unspecified atom stereocenters. The van der Waals surface area contributed by atoms with E-state index in [9.17, 15) is 4.79 Å². The molecule has 15 heavy (non-hydrogen) atoms. The Balaban J connectivity index is 3.85. The highest BCUT2D eigenvalue weighted by Crippen LogP contribution is 2.16. The predicted octanol–water partition coefficient (Wildman–Crippen LogP) is 0.428. The topological polar surface area (TPSA) is 58.4 Å². The van der Waals surface area contributed by atoms with Crippen molar-refractivity contribution in [3.63, 3.8) is 0 Å². The average Bonchev–Trinajstić information content (AvgIpc) is 2.14. The van der Waals surface area contributed by atoms with Crippen LogP contribution in [-0.4, -0.2) is 43.5 Å². The number of nitrogens with two attached hydrogens (primary N) is 1. The maximum atomic E-state index is 11.6. The summed E-state index contributed by atoms with van der Waals surface area (Å²) in [5.74, 6) is -0.0630. The first-order valence-electron chi connectivity index (χ1n) is 5.51. The highest BCUT2D eigenvalue weighted by Gasteiger charge is 2.26. The molecule has 0 bridgehead atoms. The molecule has 1 atom stereocenters. The molecule has 90 valence electrons. The number of carbonyl (C=O) groups excluding carboxylic acids is 1. The van der Waals surface area contributed by atoms with Crippen molar-refractivity contribution in [2.75, 3.05) is 26.7 Å². The van der Waals surface area contributed by atoms with Crippen LogP contribution in [0.15, 0.2) is 0 Å². The van der Waals surface area contributed by atoms with Gasteiger partial charge >= 0.3 is 0 Å². The molecule has 1 amide bonds. The van der Waals surface area contributed by atoms with E-state index in [2.05, 4.69) is 17.1 Å². The van der Waals surface area contributed by atoms with Gasteiger partial charge < -0.3 is 16.0 Å². The highest BCUT2D eigenvalue weighted by atomic mass is 16.2. The minimum Gasteiger partial charge on any atom is -0.353 e. The first-order chi connectivity index (χ1) is 6.79. The van der Waals surface area contributed by atoms with E-state index in [4.69, 9.17) is 5.73 Å². The summed E-state index contributed by atoms with van der Waals surface area (Å²) >= 11 is 0. The molecule has 3 N–H and O–H groups in total. The van der Waals surface area contributed by atoms with Gasteiger partial charge in [-0.25, -0.2) is 0 Å². The van der Waals surface area contributed by atoms with Gasteiger partial charge in [0.1, 0.15) is 0 Å². The second-order valence-corrected chi connectivity index (χ2v) is 5.03. The second kappa shape index (κ2) is 6.08. The van der Waals surface area contributed by atoms with E-state index in [0.717, 1.165) is 13.1 Å². The van der Waals surface area contributed by atoms with Crippen LogP contribution in [0.4, 0.5) is 0 Å². The predicted molar refractivity (Wildman–Crippen MR) is 63.6 cm³/mol. The van der Waals surface area contributed by atoms with Crippen molar-refractivity contribution in [3.05, 3.63) is 0 Å². The summed E-state index contributed by atoms with van der Waals surface area (Å²) in [5.41, 5.74) is 5.64. The number of likely N-dealkylation sites (N-methyl/N-ethyl adjacent to an activating group) is 1. The van der Waals surface area contributed by atoms with E-state index in [1.54, 1.807) is 0 Å². The number of carbonyl (C=O) groups is 1. The van der Waals surface area contributed by atoms with Gasteiger partial charge in [0.15, 0.2) is 0 Å².